The van der Waals surface area contributed by atoms with Crippen molar-refractivity contribution in [2.24, 2.45) is 10.8 Å². The van der Waals surface area contributed by atoms with E-state index in [1.54, 1.807) is 11.3 Å². The largest absolute Gasteiger partial charge is 0.385 e. The molecule has 0 bridgehead atoms. The molecule has 21 heavy (non-hydrogen) atoms. The normalized spacial score (nSPS) is 22.5. The van der Waals surface area contributed by atoms with Crippen LogP contribution in [0.1, 0.15) is 77.1 Å². The summed E-state index contributed by atoms with van der Waals surface area (Å²) in [4.78, 5) is 4.60. The molecule has 3 nitrogen and oxygen atoms in total. The van der Waals surface area contributed by atoms with Crippen LogP contribution in [0.3, 0.4) is 0 Å². The van der Waals surface area contributed by atoms with Crippen molar-refractivity contribution in [3.8, 4) is 6.07 Å². The molecule has 0 aliphatic heterocycles. The van der Waals surface area contributed by atoms with Crippen molar-refractivity contribution in [3.63, 3.8) is 0 Å². The van der Waals surface area contributed by atoms with Gasteiger partial charge in [-0.3, -0.25) is 0 Å². The second kappa shape index (κ2) is 5.37. The number of aromatic nitrogens is 1. The van der Waals surface area contributed by atoms with Gasteiger partial charge >= 0.3 is 0 Å². The predicted molar refractivity (Wildman–Crippen MR) is 86.1 cm³/mol. The van der Waals surface area contributed by atoms with Crippen molar-refractivity contribution in [1.29, 1.82) is 5.26 Å². The highest BCUT2D eigenvalue weighted by molar-refractivity contribution is 7.09. The van der Waals surface area contributed by atoms with Gasteiger partial charge in [-0.25, -0.2) is 4.98 Å². The smallest absolute Gasteiger partial charge is 0.115 e. The summed E-state index contributed by atoms with van der Waals surface area (Å²) >= 11 is 1.58. The lowest BCUT2D eigenvalue weighted by Gasteiger charge is -2.41. The van der Waals surface area contributed by atoms with E-state index in [0.717, 1.165) is 30.7 Å². The van der Waals surface area contributed by atoms with Crippen LogP contribution in [0.15, 0.2) is 5.38 Å². The fourth-order valence-corrected chi connectivity index (χ4v) is 3.78. The van der Waals surface area contributed by atoms with Gasteiger partial charge in [0, 0.05) is 10.8 Å². The van der Waals surface area contributed by atoms with E-state index in [1.807, 2.05) is 5.38 Å². The lowest BCUT2D eigenvalue weighted by Crippen LogP contribution is -2.35. The molecular weight excluding hydrogens is 280 g/mol. The second-order valence-corrected chi connectivity index (χ2v) is 9.02. The molecule has 0 aromatic carbocycles. The van der Waals surface area contributed by atoms with Gasteiger partial charge < -0.3 is 5.11 Å². The van der Waals surface area contributed by atoms with Gasteiger partial charge in [0.2, 0.25) is 0 Å². The molecule has 4 heteroatoms. The average molecular weight is 306 g/mol. The van der Waals surface area contributed by atoms with Crippen LogP contribution in [-0.2, 0) is 5.41 Å². The second-order valence-electron chi connectivity index (χ2n) is 8.16. The van der Waals surface area contributed by atoms with Gasteiger partial charge in [0.15, 0.2) is 0 Å². The maximum absolute atomic E-state index is 10.8. The number of hydrogen-bond acceptors (Lipinski definition) is 4. The Balaban J connectivity index is 2.24. The molecular formula is C17H26N2OS. The standard InChI is InChI=1S/C17H26N2OS/c1-15(2,3)14-19-12(10-21-14)13(20)17(11-18)8-6-16(4,5)7-9-17/h10,13,20H,6-9H2,1-5H3. The van der Waals surface area contributed by atoms with Crippen LogP contribution in [0.5, 0.6) is 0 Å². The van der Waals surface area contributed by atoms with E-state index in [-0.39, 0.29) is 10.8 Å². The number of rotatable bonds is 2. The van der Waals surface area contributed by atoms with Crippen molar-refractivity contribution in [2.75, 3.05) is 0 Å². The van der Waals surface area contributed by atoms with E-state index in [1.165, 1.54) is 0 Å². The third kappa shape index (κ3) is 3.30. The fourth-order valence-electron chi connectivity index (χ4n) is 2.86. The Morgan fingerprint density at radius 3 is 2.29 bits per heavy atom. The van der Waals surface area contributed by atoms with E-state index in [0.29, 0.717) is 5.69 Å². The summed E-state index contributed by atoms with van der Waals surface area (Å²) in [5.74, 6) is 0. The SMILES string of the molecule is CC1(C)CCC(C#N)(C(O)c2csc(C(C)(C)C)n2)CC1. The molecule has 2 rings (SSSR count). The Morgan fingerprint density at radius 2 is 1.86 bits per heavy atom. The number of aliphatic hydroxyl groups excluding tert-OH is 1. The van der Waals surface area contributed by atoms with E-state index >= 15 is 0 Å². The number of aliphatic hydroxyl groups is 1. The van der Waals surface area contributed by atoms with E-state index < -0.39 is 11.5 Å². The fraction of sp³-hybridized carbons (Fsp3) is 0.765. The van der Waals surface area contributed by atoms with Crippen LogP contribution in [0.25, 0.3) is 0 Å². The van der Waals surface area contributed by atoms with Crippen molar-refractivity contribution in [3.05, 3.63) is 16.1 Å². The summed E-state index contributed by atoms with van der Waals surface area (Å²) in [6, 6.07) is 2.42. The van der Waals surface area contributed by atoms with E-state index in [2.05, 4.69) is 45.7 Å². The summed E-state index contributed by atoms with van der Waals surface area (Å²) in [6.07, 6.45) is 2.69. The molecule has 1 heterocycles. The maximum atomic E-state index is 10.8. The number of thiazole rings is 1. The molecule has 1 aliphatic carbocycles. The predicted octanol–water partition coefficient (Wildman–Crippen LogP) is 4.58. The van der Waals surface area contributed by atoms with Crippen molar-refractivity contribution >= 4 is 11.3 Å². The maximum Gasteiger partial charge on any atom is 0.115 e. The van der Waals surface area contributed by atoms with E-state index in [9.17, 15) is 10.4 Å². The summed E-state index contributed by atoms with van der Waals surface area (Å²) in [6.45, 7) is 10.8. The Bertz CT molecular complexity index is 538. The van der Waals surface area contributed by atoms with Crippen LogP contribution >= 0.6 is 11.3 Å². The van der Waals surface area contributed by atoms with Crippen LogP contribution in [0, 0.1) is 22.2 Å². The van der Waals surface area contributed by atoms with Gasteiger partial charge in [-0.05, 0) is 31.1 Å². The first-order valence-electron chi connectivity index (χ1n) is 7.65. The van der Waals surface area contributed by atoms with Gasteiger partial charge in [0.25, 0.3) is 0 Å². The Kier molecular flexibility index (Phi) is 4.21. The lowest BCUT2D eigenvalue weighted by atomic mass is 9.63. The molecule has 0 spiro atoms. The van der Waals surface area contributed by atoms with Gasteiger partial charge in [0.1, 0.15) is 6.10 Å². The minimum Gasteiger partial charge on any atom is -0.385 e. The number of nitriles is 1. The molecule has 1 N–H and O–H groups in total. The average Bonchev–Trinajstić information content (AvgIpc) is 2.88. The zero-order valence-electron chi connectivity index (χ0n) is 13.7. The Labute approximate surface area is 132 Å². The quantitative estimate of drug-likeness (QED) is 0.869. The minimum absolute atomic E-state index is 0.0169. The van der Waals surface area contributed by atoms with Crippen LogP contribution in [0.4, 0.5) is 0 Å². The molecule has 1 fully saturated rings. The Morgan fingerprint density at radius 1 is 1.29 bits per heavy atom. The zero-order chi connectivity index (χ0) is 15.9. The molecule has 1 aromatic rings. The minimum atomic E-state index is -0.772. The molecule has 1 aliphatic rings. The first-order chi connectivity index (χ1) is 9.60. The molecule has 116 valence electrons. The van der Waals surface area contributed by atoms with E-state index in [4.69, 9.17) is 0 Å². The molecule has 1 unspecified atom stereocenters. The molecule has 0 amide bonds. The number of nitrogens with zero attached hydrogens (tertiary/aromatic N) is 2. The third-order valence-corrected chi connectivity index (χ3v) is 5.97. The molecule has 1 saturated carbocycles. The first-order valence-corrected chi connectivity index (χ1v) is 8.53. The van der Waals surface area contributed by atoms with Crippen LogP contribution in [-0.4, -0.2) is 10.1 Å². The monoisotopic (exact) mass is 306 g/mol. The molecule has 1 aromatic heterocycles. The topological polar surface area (TPSA) is 56.9 Å². The van der Waals surface area contributed by atoms with Gasteiger partial charge in [-0.1, -0.05) is 34.6 Å². The molecule has 0 saturated heterocycles. The molecule has 0 radical (unpaired) electrons. The highest BCUT2D eigenvalue weighted by atomic mass is 32.1. The summed E-state index contributed by atoms with van der Waals surface area (Å²) in [5, 5.41) is 23.4. The third-order valence-electron chi connectivity index (χ3n) is 4.69. The van der Waals surface area contributed by atoms with Crippen LogP contribution in [0.2, 0.25) is 0 Å². The highest BCUT2D eigenvalue weighted by Gasteiger charge is 2.45. The van der Waals surface area contributed by atoms with Gasteiger partial charge in [-0.2, -0.15) is 5.26 Å². The first kappa shape index (κ1) is 16.5. The van der Waals surface area contributed by atoms with Crippen molar-refractivity contribution in [2.45, 2.75) is 71.8 Å². The summed E-state index contributed by atoms with van der Waals surface area (Å²) in [5.41, 5.74) is 0.264. The van der Waals surface area contributed by atoms with Gasteiger partial charge in [-0.15, -0.1) is 11.3 Å². The zero-order valence-corrected chi connectivity index (χ0v) is 14.5. The van der Waals surface area contributed by atoms with Crippen molar-refractivity contribution in [1.82, 2.24) is 4.98 Å². The molecule has 1 atom stereocenters. The van der Waals surface area contributed by atoms with Crippen LogP contribution < -0.4 is 0 Å². The Hall–Kier alpha value is -0.920. The highest BCUT2D eigenvalue weighted by Crippen LogP contribution is 2.51. The number of hydrogen-bond donors (Lipinski definition) is 1. The summed E-state index contributed by atoms with van der Waals surface area (Å²) in [7, 11) is 0. The van der Waals surface area contributed by atoms with Gasteiger partial charge in [0.05, 0.1) is 22.2 Å². The summed E-state index contributed by atoms with van der Waals surface area (Å²) < 4.78 is 0. The lowest BCUT2D eigenvalue weighted by molar-refractivity contribution is 0.00721. The van der Waals surface area contributed by atoms with Crippen molar-refractivity contribution < 1.29 is 5.11 Å².